The quantitative estimate of drug-likeness (QED) is 0.326. The maximum atomic E-state index is 14.0. The summed E-state index contributed by atoms with van der Waals surface area (Å²) < 4.78 is 195. The molecule has 1 atom stereocenters. The molecule has 0 spiro atoms. The van der Waals surface area contributed by atoms with Crippen LogP contribution in [0.4, 0.5) is 61.5 Å². The van der Waals surface area contributed by atoms with E-state index < -0.39 is 56.8 Å². The molecule has 0 saturated heterocycles. The van der Waals surface area contributed by atoms with Crippen LogP contribution in [-0.4, -0.2) is 71.7 Å². The first kappa shape index (κ1) is 28.1. The SMILES string of the molecule is CO[Si](OC)(OC)C(F)CC(F)(F)C(F)(F)C(F)(F)C(F)(F)C(F)(F)C(F)(F)F. The molecule has 176 valence electrons. The average Bonchev–Trinajstić information content (AvgIpc) is 2.54. The Hall–Kier alpha value is -0.883. The fourth-order valence-electron chi connectivity index (χ4n) is 1.91. The predicted molar refractivity (Wildman–Crippen MR) is 67.1 cm³/mol. The highest BCUT2D eigenvalue weighted by Crippen LogP contribution is 2.61. The standard InChI is InChI=1S/C11H12F14O3Si/c1-26-29(27-2,28-3)5(12)4-6(13,14)7(15,16)8(17,18)9(19,20)10(21,22)11(23,24)25/h5H,4H2,1-3H3. The Labute approximate surface area is 154 Å². The zero-order chi connectivity index (χ0) is 23.9. The molecule has 18 heteroatoms. The molecule has 0 heterocycles. The van der Waals surface area contributed by atoms with Crippen molar-refractivity contribution in [2.45, 2.75) is 48.0 Å². The van der Waals surface area contributed by atoms with E-state index in [9.17, 15) is 61.5 Å². The van der Waals surface area contributed by atoms with E-state index in [2.05, 4.69) is 13.3 Å². The van der Waals surface area contributed by atoms with E-state index in [1.165, 1.54) is 0 Å². The summed E-state index contributed by atoms with van der Waals surface area (Å²) in [4.78, 5) is 0. The summed E-state index contributed by atoms with van der Waals surface area (Å²) in [6.07, 6.45) is -10.6. The van der Waals surface area contributed by atoms with Crippen LogP contribution in [0.2, 0.25) is 0 Å². The molecule has 0 aliphatic carbocycles. The highest BCUT2D eigenvalue weighted by molar-refractivity contribution is 6.62. The molecule has 0 aliphatic heterocycles. The lowest BCUT2D eigenvalue weighted by Crippen LogP contribution is -2.70. The first-order chi connectivity index (χ1) is 12.6. The van der Waals surface area contributed by atoms with Crippen molar-refractivity contribution >= 4 is 8.80 Å². The van der Waals surface area contributed by atoms with E-state index in [1.807, 2.05) is 0 Å². The first-order valence-electron chi connectivity index (χ1n) is 6.81. The molecule has 0 N–H and O–H groups in total. The fourth-order valence-corrected chi connectivity index (χ4v) is 3.69. The largest absolute Gasteiger partial charge is 0.536 e. The van der Waals surface area contributed by atoms with Crippen molar-refractivity contribution in [3.63, 3.8) is 0 Å². The zero-order valence-corrected chi connectivity index (χ0v) is 15.3. The number of alkyl halides is 14. The van der Waals surface area contributed by atoms with Gasteiger partial charge >= 0.3 is 44.6 Å². The molecule has 3 nitrogen and oxygen atoms in total. The Morgan fingerprint density at radius 3 is 1.17 bits per heavy atom. The average molecular weight is 486 g/mol. The van der Waals surface area contributed by atoms with Gasteiger partial charge in [0.1, 0.15) is 0 Å². The molecule has 0 amide bonds. The molecule has 29 heavy (non-hydrogen) atoms. The number of halogens is 14. The van der Waals surface area contributed by atoms with Gasteiger partial charge in [-0.15, -0.1) is 0 Å². The summed E-state index contributed by atoms with van der Waals surface area (Å²) >= 11 is 0. The second-order valence-corrected chi connectivity index (χ2v) is 8.45. The highest BCUT2D eigenvalue weighted by atomic mass is 28.4. The number of hydrogen-bond donors (Lipinski definition) is 0. The van der Waals surface area contributed by atoms with Crippen LogP contribution in [0.3, 0.4) is 0 Å². The Morgan fingerprint density at radius 1 is 0.586 bits per heavy atom. The summed E-state index contributed by atoms with van der Waals surface area (Å²) in [5.41, 5.74) is 0. The van der Waals surface area contributed by atoms with Crippen molar-refractivity contribution in [2.75, 3.05) is 21.3 Å². The minimum atomic E-state index is -8.05. The van der Waals surface area contributed by atoms with E-state index in [-0.39, 0.29) is 0 Å². The van der Waals surface area contributed by atoms with Crippen LogP contribution in [-0.2, 0) is 13.3 Å². The van der Waals surface area contributed by atoms with Crippen molar-refractivity contribution in [1.29, 1.82) is 0 Å². The smallest absolute Gasteiger partial charge is 0.375 e. The zero-order valence-electron chi connectivity index (χ0n) is 14.3. The van der Waals surface area contributed by atoms with Crippen molar-refractivity contribution < 1.29 is 74.7 Å². The van der Waals surface area contributed by atoms with E-state index in [4.69, 9.17) is 0 Å². The van der Waals surface area contributed by atoms with Crippen LogP contribution < -0.4 is 0 Å². The monoisotopic (exact) mass is 486 g/mol. The van der Waals surface area contributed by atoms with E-state index >= 15 is 0 Å². The number of hydrogen-bond acceptors (Lipinski definition) is 3. The summed E-state index contributed by atoms with van der Waals surface area (Å²) in [6.45, 7) is 0. The Bertz CT molecular complexity index is 551. The molecule has 0 radical (unpaired) electrons. The summed E-state index contributed by atoms with van der Waals surface area (Å²) in [5.74, 6) is -41.6. The van der Waals surface area contributed by atoms with Crippen LogP contribution in [0.15, 0.2) is 0 Å². The topological polar surface area (TPSA) is 27.7 Å². The third-order valence-corrected chi connectivity index (χ3v) is 6.35. The van der Waals surface area contributed by atoms with Gasteiger partial charge in [0.25, 0.3) is 0 Å². The van der Waals surface area contributed by atoms with Crippen LogP contribution in [0.5, 0.6) is 0 Å². The molecule has 0 aromatic rings. The Kier molecular flexibility index (Phi) is 7.75. The van der Waals surface area contributed by atoms with Gasteiger partial charge in [0.2, 0.25) is 0 Å². The highest BCUT2D eigenvalue weighted by Gasteiger charge is 2.90. The van der Waals surface area contributed by atoms with Crippen molar-refractivity contribution in [2.24, 2.45) is 0 Å². The molecule has 0 aliphatic rings. The van der Waals surface area contributed by atoms with Gasteiger partial charge in [-0.2, -0.15) is 57.1 Å². The lowest BCUT2D eigenvalue weighted by Gasteiger charge is -2.40. The summed E-state index contributed by atoms with van der Waals surface area (Å²) in [6, 6.07) is 0. The van der Waals surface area contributed by atoms with E-state index in [0.717, 1.165) is 0 Å². The predicted octanol–water partition coefficient (Wildman–Crippen LogP) is 4.87. The molecule has 0 aromatic heterocycles. The second-order valence-electron chi connectivity index (χ2n) is 5.39. The first-order valence-corrected chi connectivity index (χ1v) is 8.61. The van der Waals surface area contributed by atoms with Gasteiger partial charge in [-0.05, 0) is 0 Å². The van der Waals surface area contributed by atoms with Gasteiger partial charge in [-0.3, -0.25) is 0 Å². The molecule has 0 bridgehead atoms. The maximum absolute atomic E-state index is 14.0. The van der Waals surface area contributed by atoms with Crippen LogP contribution in [0.1, 0.15) is 6.42 Å². The molecule has 0 aromatic carbocycles. The lowest BCUT2D eigenvalue weighted by atomic mass is 9.93. The molecule has 0 fully saturated rings. The maximum Gasteiger partial charge on any atom is 0.536 e. The molecular formula is C11H12F14O3Si. The lowest BCUT2D eigenvalue weighted by molar-refractivity contribution is -0.440. The van der Waals surface area contributed by atoms with Gasteiger partial charge in [0, 0.05) is 21.3 Å². The normalized spacial score (nSPS) is 16.9. The van der Waals surface area contributed by atoms with Gasteiger partial charge in [0.05, 0.1) is 6.42 Å². The Morgan fingerprint density at radius 2 is 0.897 bits per heavy atom. The van der Waals surface area contributed by atoms with Gasteiger partial charge in [-0.1, -0.05) is 0 Å². The van der Waals surface area contributed by atoms with Crippen molar-refractivity contribution in [1.82, 2.24) is 0 Å². The summed E-state index contributed by atoms with van der Waals surface area (Å²) in [5, 5.41) is 0. The molecule has 1 unspecified atom stereocenters. The Balaban J connectivity index is 6.24. The minimum Gasteiger partial charge on any atom is -0.375 e. The van der Waals surface area contributed by atoms with Crippen molar-refractivity contribution in [3.8, 4) is 0 Å². The molecular weight excluding hydrogens is 474 g/mol. The van der Waals surface area contributed by atoms with Gasteiger partial charge in [-0.25, -0.2) is 4.39 Å². The number of rotatable bonds is 10. The minimum absolute atomic E-state index is 0.550. The van der Waals surface area contributed by atoms with E-state index in [0.29, 0.717) is 21.3 Å². The molecule has 0 rings (SSSR count). The second kappa shape index (κ2) is 7.99. The van der Waals surface area contributed by atoms with Crippen LogP contribution >= 0.6 is 0 Å². The third-order valence-electron chi connectivity index (χ3n) is 3.67. The third kappa shape index (κ3) is 4.16. The van der Waals surface area contributed by atoms with Crippen molar-refractivity contribution in [3.05, 3.63) is 0 Å². The molecule has 0 saturated carbocycles. The van der Waals surface area contributed by atoms with E-state index in [1.54, 1.807) is 0 Å². The van der Waals surface area contributed by atoms with Gasteiger partial charge in [0.15, 0.2) is 5.79 Å². The van der Waals surface area contributed by atoms with Crippen LogP contribution in [0, 0.1) is 0 Å². The van der Waals surface area contributed by atoms with Crippen LogP contribution in [0.25, 0.3) is 0 Å². The van der Waals surface area contributed by atoms with Gasteiger partial charge < -0.3 is 13.3 Å². The fraction of sp³-hybridized carbons (Fsp3) is 1.00. The summed E-state index contributed by atoms with van der Waals surface area (Å²) in [7, 11) is -3.27.